The average molecular weight is 423 g/mol. The van der Waals surface area contributed by atoms with Gasteiger partial charge in [0.1, 0.15) is 11.1 Å². The minimum absolute atomic E-state index is 0.0720. The SMILES string of the molecule is CCS(=O)(=O)c1cc(C2CC2)cnc1/C(C)=N/C=C(\C)CC(Cl)C(F)(F)F. The number of sulfone groups is 1. The maximum atomic E-state index is 12.5. The van der Waals surface area contributed by atoms with E-state index in [1.54, 1.807) is 26.1 Å². The third-order valence-corrected chi connectivity index (χ3v) is 6.46. The highest BCUT2D eigenvalue weighted by atomic mass is 35.5. The van der Waals surface area contributed by atoms with E-state index >= 15 is 0 Å². The van der Waals surface area contributed by atoms with Crippen molar-refractivity contribution in [3.63, 3.8) is 0 Å². The molecular formula is C18H22ClF3N2O2S. The summed E-state index contributed by atoms with van der Waals surface area (Å²) in [7, 11) is -3.51. The molecule has 1 atom stereocenters. The summed E-state index contributed by atoms with van der Waals surface area (Å²) in [6, 6.07) is 1.65. The number of hydrogen-bond acceptors (Lipinski definition) is 4. The highest BCUT2D eigenvalue weighted by molar-refractivity contribution is 7.91. The predicted molar refractivity (Wildman–Crippen MR) is 100 cm³/mol. The van der Waals surface area contributed by atoms with Crippen LogP contribution in [0.2, 0.25) is 0 Å². The fourth-order valence-electron chi connectivity index (χ4n) is 2.48. The van der Waals surface area contributed by atoms with Gasteiger partial charge in [-0.15, -0.1) is 11.6 Å². The molecule has 0 aliphatic heterocycles. The van der Waals surface area contributed by atoms with Gasteiger partial charge in [0.05, 0.1) is 16.4 Å². The molecule has 2 rings (SSSR count). The van der Waals surface area contributed by atoms with Gasteiger partial charge in [-0.2, -0.15) is 13.2 Å². The van der Waals surface area contributed by atoms with Crippen LogP contribution in [0.1, 0.15) is 57.2 Å². The second-order valence-electron chi connectivity index (χ2n) is 6.70. The molecule has 4 nitrogen and oxygen atoms in total. The quantitative estimate of drug-likeness (QED) is 0.457. The molecule has 1 fully saturated rings. The highest BCUT2D eigenvalue weighted by Crippen LogP contribution is 2.40. The number of pyridine rings is 1. The maximum absolute atomic E-state index is 12.5. The average Bonchev–Trinajstić information content (AvgIpc) is 3.43. The number of rotatable bonds is 7. The van der Waals surface area contributed by atoms with Crippen molar-refractivity contribution in [3.8, 4) is 0 Å². The monoisotopic (exact) mass is 422 g/mol. The second kappa shape index (κ2) is 8.31. The van der Waals surface area contributed by atoms with E-state index in [0.29, 0.717) is 17.2 Å². The van der Waals surface area contributed by atoms with Crippen molar-refractivity contribution >= 4 is 27.1 Å². The van der Waals surface area contributed by atoms with Gasteiger partial charge in [0.15, 0.2) is 9.84 Å². The molecule has 1 aliphatic carbocycles. The summed E-state index contributed by atoms with van der Waals surface area (Å²) >= 11 is 5.33. The van der Waals surface area contributed by atoms with Gasteiger partial charge in [-0.05, 0) is 50.7 Å². The maximum Gasteiger partial charge on any atom is 0.405 e. The summed E-state index contributed by atoms with van der Waals surface area (Å²) in [6.45, 7) is 4.63. The zero-order valence-corrected chi connectivity index (χ0v) is 16.9. The predicted octanol–water partition coefficient (Wildman–Crippen LogP) is 5.03. The van der Waals surface area contributed by atoms with Crippen LogP contribution in [-0.2, 0) is 9.84 Å². The van der Waals surface area contributed by atoms with Gasteiger partial charge >= 0.3 is 6.18 Å². The van der Waals surface area contributed by atoms with E-state index in [-0.39, 0.29) is 16.3 Å². The van der Waals surface area contributed by atoms with E-state index in [4.69, 9.17) is 11.6 Å². The Morgan fingerprint density at radius 3 is 2.56 bits per heavy atom. The van der Waals surface area contributed by atoms with E-state index in [1.807, 2.05) is 0 Å². The first-order chi connectivity index (χ1) is 12.5. The molecule has 0 spiro atoms. The fourth-order valence-corrected chi connectivity index (χ4v) is 3.85. The Morgan fingerprint density at radius 1 is 1.41 bits per heavy atom. The molecule has 150 valence electrons. The summed E-state index contributed by atoms with van der Waals surface area (Å²) in [5.74, 6) is 0.275. The first-order valence-corrected chi connectivity index (χ1v) is 10.7. The number of nitrogens with zero attached hydrogens (tertiary/aromatic N) is 2. The highest BCUT2D eigenvalue weighted by Gasteiger charge is 2.37. The summed E-state index contributed by atoms with van der Waals surface area (Å²) in [4.78, 5) is 8.53. The van der Waals surface area contributed by atoms with Gasteiger partial charge < -0.3 is 0 Å². The Hall–Kier alpha value is -1.41. The molecule has 0 N–H and O–H groups in total. The van der Waals surface area contributed by atoms with Crippen LogP contribution >= 0.6 is 11.6 Å². The summed E-state index contributed by atoms with van der Waals surface area (Å²) in [6.07, 6.45) is 0.0693. The molecule has 1 unspecified atom stereocenters. The lowest BCUT2D eigenvalue weighted by molar-refractivity contribution is -0.130. The zero-order valence-electron chi connectivity index (χ0n) is 15.3. The minimum atomic E-state index is -4.49. The molecule has 27 heavy (non-hydrogen) atoms. The Bertz CT molecular complexity index is 860. The molecule has 0 aromatic carbocycles. The summed E-state index contributed by atoms with van der Waals surface area (Å²) in [5, 5.41) is -1.99. The first kappa shape index (κ1) is 21.9. The number of hydrogen-bond donors (Lipinski definition) is 0. The number of aromatic nitrogens is 1. The van der Waals surface area contributed by atoms with Crippen LogP contribution in [0.3, 0.4) is 0 Å². The Labute approximate surface area is 162 Å². The van der Waals surface area contributed by atoms with Crippen molar-refractivity contribution in [2.24, 2.45) is 4.99 Å². The molecule has 0 radical (unpaired) electrons. The molecule has 0 bridgehead atoms. The largest absolute Gasteiger partial charge is 0.405 e. The number of allylic oxidation sites excluding steroid dienone is 1. The van der Waals surface area contributed by atoms with Gasteiger partial charge in [0.2, 0.25) is 0 Å². The van der Waals surface area contributed by atoms with Crippen LogP contribution in [0, 0.1) is 0 Å². The van der Waals surface area contributed by atoms with Crippen molar-refractivity contribution in [1.29, 1.82) is 0 Å². The summed E-state index contributed by atoms with van der Waals surface area (Å²) < 4.78 is 62.5. The lowest BCUT2D eigenvalue weighted by atomic mass is 10.1. The molecule has 1 aromatic heterocycles. The molecule has 0 amide bonds. The minimum Gasteiger partial charge on any atom is -0.259 e. The zero-order chi connectivity index (χ0) is 20.4. The lowest BCUT2D eigenvalue weighted by Gasteiger charge is -2.13. The topological polar surface area (TPSA) is 59.4 Å². The number of halogens is 4. The van der Waals surface area contributed by atoms with Crippen molar-refractivity contribution in [2.75, 3.05) is 5.75 Å². The van der Waals surface area contributed by atoms with Crippen LogP contribution in [0.15, 0.2) is 33.9 Å². The third-order valence-electron chi connectivity index (χ3n) is 4.32. The molecule has 0 saturated heterocycles. The van der Waals surface area contributed by atoms with Gasteiger partial charge in [-0.1, -0.05) is 12.5 Å². The third kappa shape index (κ3) is 5.78. The van der Waals surface area contributed by atoms with Crippen molar-refractivity contribution < 1.29 is 21.6 Å². The Kier molecular flexibility index (Phi) is 6.73. The fraction of sp³-hybridized carbons (Fsp3) is 0.556. The van der Waals surface area contributed by atoms with Gasteiger partial charge in [-0.25, -0.2) is 8.42 Å². The lowest BCUT2D eigenvalue weighted by Crippen LogP contribution is -2.23. The van der Waals surface area contributed by atoms with Crippen molar-refractivity contribution in [2.45, 2.75) is 62.4 Å². The van der Waals surface area contributed by atoms with Gasteiger partial charge in [0.25, 0.3) is 0 Å². The molecule has 1 aliphatic rings. The van der Waals surface area contributed by atoms with E-state index in [2.05, 4.69) is 9.98 Å². The second-order valence-corrected chi connectivity index (χ2v) is 9.47. The van der Waals surface area contributed by atoms with Crippen LogP contribution in [-0.4, -0.2) is 36.4 Å². The normalized spacial score (nSPS) is 17.9. The van der Waals surface area contributed by atoms with Gasteiger partial charge in [0, 0.05) is 12.4 Å². The standard InChI is InChI=1S/C18H22ClF3N2O2S/c1-4-27(25,26)15-8-14(13-5-6-13)10-24-17(15)12(3)23-9-11(2)7-16(19)18(20,21)22/h8-10,13,16H,4-7H2,1-3H3/b11-9+,23-12+. The molecular weight excluding hydrogens is 401 g/mol. The molecule has 1 saturated carbocycles. The van der Waals surface area contributed by atoms with Crippen LogP contribution in [0.5, 0.6) is 0 Å². The summed E-state index contributed by atoms with van der Waals surface area (Å²) in [5.41, 5.74) is 1.77. The van der Waals surface area contributed by atoms with E-state index in [0.717, 1.165) is 18.4 Å². The van der Waals surface area contributed by atoms with Gasteiger partial charge in [-0.3, -0.25) is 9.98 Å². The van der Waals surface area contributed by atoms with Crippen LogP contribution in [0.4, 0.5) is 13.2 Å². The molecule has 9 heteroatoms. The number of alkyl halides is 4. The Balaban J connectivity index is 2.33. The first-order valence-electron chi connectivity index (χ1n) is 8.59. The Morgan fingerprint density at radius 2 is 2.04 bits per heavy atom. The number of aliphatic imine (C=N–C) groups is 1. The van der Waals surface area contributed by atoms with Crippen LogP contribution in [0.25, 0.3) is 0 Å². The van der Waals surface area contributed by atoms with Crippen molar-refractivity contribution in [1.82, 2.24) is 4.98 Å². The molecule has 1 aromatic rings. The van der Waals surface area contributed by atoms with E-state index in [1.165, 1.54) is 13.1 Å². The van der Waals surface area contributed by atoms with Crippen molar-refractivity contribution in [3.05, 3.63) is 35.3 Å². The molecule has 1 heterocycles. The van der Waals surface area contributed by atoms with E-state index < -0.39 is 27.8 Å². The van der Waals surface area contributed by atoms with E-state index in [9.17, 15) is 21.6 Å². The smallest absolute Gasteiger partial charge is 0.259 e. The van der Waals surface area contributed by atoms with Crippen LogP contribution < -0.4 is 0 Å².